The average Bonchev–Trinajstić information content (AvgIpc) is 2.44. The molecular formula is C16H22N2O3. The Bertz CT molecular complexity index is 528. The van der Waals surface area contributed by atoms with Crippen LogP contribution in [0.1, 0.15) is 38.8 Å². The van der Waals surface area contributed by atoms with Crippen LogP contribution in [0.5, 0.6) is 5.75 Å². The molecular weight excluding hydrogens is 268 g/mol. The van der Waals surface area contributed by atoms with Gasteiger partial charge in [0, 0.05) is 18.9 Å². The van der Waals surface area contributed by atoms with Crippen LogP contribution in [0.2, 0.25) is 0 Å². The van der Waals surface area contributed by atoms with Crippen LogP contribution in [0.25, 0.3) is 0 Å². The van der Waals surface area contributed by atoms with E-state index in [-0.39, 0.29) is 23.8 Å². The van der Waals surface area contributed by atoms with Gasteiger partial charge in [-0.3, -0.25) is 9.59 Å². The van der Waals surface area contributed by atoms with Crippen molar-refractivity contribution in [2.45, 2.75) is 39.3 Å². The van der Waals surface area contributed by atoms with Crippen molar-refractivity contribution >= 4 is 11.8 Å². The molecule has 2 N–H and O–H groups in total. The molecule has 0 bridgehead atoms. The topological polar surface area (TPSA) is 67.4 Å². The molecule has 5 nitrogen and oxygen atoms in total. The van der Waals surface area contributed by atoms with Gasteiger partial charge in [-0.15, -0.1) is 0 Å². The molecule has 2 rings (SSSR count). The number of ether oxygens (including phenoxy) is 1. The molecule has 1 heterocycles. The summed E-state index contributed by atoms with van der Waals surface area (Å²) in [6.07, 6.45) is 0.730. The van der Waals surface area contributed by atoms with Crippen molar-refractivity contribution in [3.05, 3.63) is 29.8 Å². The van der Waals surface area contributed by atoms with Crippen molar-refractivity contribution < 1.29 is 14.3 Å². The molecule has 0 saturated carbocycles. The average molecular weight is 290 g/mol. The van der Waals surface area contributed by atoms with Crippen molar-refractivity contribution in [1.29, 1.82) is 0 Å². The number of rotatable bonds is 4. The van der Waals surface area contributed by atoms with Crippen molar-refractivity contribution in [3.63, 3.8) is 0 Å². The third-order valence-electron chi connectivity index (χ3n) is 3.58. The van der Waals surface area contributed by atoms with Gasteiger partial charge in [0.2, 0.25) is 11.8 Å². The second kappa shape index (κ2) is 6.61. The van der Waals surface area contributed by atoms with Crippen LogP contribution in [0.4, 0.5) is 0 Å². The fourth-order valence-corrected chi connectivity index (χ4v) is 2.51. The maximum absolute atomic E-state index is 12.4. The van der Waals surface area contributed by atoms with E-state index in [1.807, 2.05) is 38.1 Å². The Morgan fingerprint density at radius 1 is 1.29 bits per heavy atom. The predicted octanol–water partition coefficient (Wildman–Crippen LogP) is 1.79. The number of hydrogen-bond donors (Lipinski definition) is 2. The summed E-state index contributed by atoms with van der Waals surface area (Å²) in [6.45, 7) is 5.83. The highest BCUT2D eigenvalue weighted by Gasteiger charge is 2.28. The maximum atomic E-state index is 12.4. The van der Waals surface area contributed by atoms with E-state index >= 15 is 0 Å². The first-order valence-electron chi connectivity index (χ1n) is 7.28. The second-order valence-corrected chi connectivity index (χ2v) is 5.66. The Kier molecular flexibility index (Phi) is 4.83. The summed E-state index contributed by atoms with van der Waals surface area (Å²) in [5.41, 5.74) is 0.988. The molecule has 0 spiro atoms. The quantitative estimate of drug-likeness (QED) is 0.888. The summed E-state index contributed by atoms with van der Waals surface area (Å²) < 4.78 is 5.59. The van der Waals surface area contributed by atoms with Gasteiger partial charge in [0.15, 0.2) is 0 Å². The Hall–Kier alpha value is -2.04. The van der Waals surface area contributed by atoms with Crippen LogP contribution in [-0.4, -0.2) is 24.5 Å². The summed E-state index contributed by atoms with van der Waals surface area (Å²) in [5, 5.41) is 5.74. The van der Waals surface area contributed by atoms with Crippen molar-refractivity contribution in [2.75, 3.05) is 6.61 Å². The van der Waals surface area contributed by atoms with Gasteiger partial charge >= 0.3 is 0 Å². The van der Waals surface area contributed by atoms with E-state index < -0.39 is 6.04 Å². The molecule has 1 aliphatic rings. The second-order valence-electron chi connectivity index (χ2n) is 5.66. The molecule has 21 heavy (non-hydrogen) atoms. The van der Waals surface area contributed by atoms with Gasteiger partial charge in [-0.2, -0.15) is 0 Å². The minimum atomic E-state index is -0.516. The van der Waals surface area contributed by atoms with Gasteiger partial charge in [-0.05, 0) is 12.0 Å². The number of carbonyl (C=O) groups is 2. The lowest BCUT2D eigenvalue weighted by atomic mass is 9.98. The molecule has 0 aromatic heterocycles. The van der Waals surface area contributed by atoms with Crippen molar-refractivity contribution in [1.82, 2.24) is 10.6 Å². The van der Waals surface area contributed by atoms with Crippen LogP contribution in [0.3, 0.4) is 0 Å². The first kappa shape index (κ1) is 15.4. The van der Waals surface area contributed by atoms with Gasteiger partial charge in [0.25, 0.3) is 0 Å². The predicted molar refractivity (Wildman–Crippen MR) is 79.9 cm³/mol. The first-order chi connectivity index (χ1) is 9.99. The summed E-state index contributed by atoms with van der Waals surface area (Å²) in [7, 11) is 0. The molecule has 1 aromatic carbocycles. The Morgan fingerprint density at radius 3 is 2.67 bits per heavy atom. The van der Waals surface area contributed by atoms with Crippen LogP contribution in [0.15, 0.2) is 24.3 Å². The van der Waals surface area contributed by atoms with Crippen LogP contribution < -0.4 is 15.4 Å². The van der Waals surface area contributed by atoms with E-state index in [1.54, 1.807) is 0 Å². The monoisotopic (exact) mass is 290 g/mol. The van der Waals surface area contributed by atoms with Gasteiger partial charge in [-0.1, -0.05) is 32.0 Å². The highest BCUT2D eigenvalue weighted by atomic mass is 16.5. The Labute approximate surface area is 125 Å². The van der Waals surface area contributed by atoms with Crippen LogP contribution in [0, 0.1) is 5.92 Å². The molecule has 1 aromatic rings. The lowest BCUT2D eigenvalue weighted by Crippen LogP contribution is -2.50. The first-order valence-corrected chi connectivity index (χ1v) is 7.28. The minimum absolute atomic E-state index is 0.0315. The summed E-state index contributed by atoms with van der Waals surface area (Å²) in [5.74, 6) is 0.497. The highest BCUT2D eigenvalue weighted by molar-refractivity contribution is 5.87. The molecule has 0 aliphatic carbocycles. The largest absolute Gasteiger partial charge is 0.493 e. The van der Waals surface area contributed by atoms with Crippen LogP contribution in [-0.2, 0) is 9.59 Å². The Balaban J connectivity index is 2.10. The van der Waals surface area contributed by atoms with E-state index in [0.29, 0.717) is 6.61 Å². The van der Waals surface area contributed by atoms with Crippen LogP contribution >= 0.6 is 0 Å². The number of para-hydroxylation sites is 1. The van der Waals surface area contributed by atoms with E-state index in [4.69, 9.17) is 4.74 Å². The zero-order valence-corrected chi connectivity index (χ0v) is 12.7. The molecule has 5 heteroatoms. The third kappa shape index (κ3) is 3.74. The summed E-state index contributed by atoms with van der Waals surface area (Å²) in [6, 6.07) is 7.12. The maximum Gasteiger partial charge on any atom is 0.243 e. The number of amides is 2. The van der Waals surface area contributed by atoms with E-state index in [1.165, 1.54) is 6.92 Å². The normalized spacial score (nSPS) is 18.4. The van der Waals surface area contributed by atoms with Gasteiger partial charge in [0.1, 0.15) is 11.8 Å². The lowest BCUT2D eigenvalue weighted by Gasteiger charge is -2.29. The van der Waals surface area contributed by atoms with Gasteiger partial charge in [-0.25, -0.2) is 0 Å². The zero-order valence-electron chi connectivity index (χ0n) is 12.7. The molecule has 0 saturated heterocycles. The van der Waals surface area contributed by atoms with Crippen molar-refractivity contribution in [3.8, 4) is 5.75 Å². The number of fused-ring (bicyclic) bond motifs is 1. The summed E-state index contributed by atoms with van der Waals surface area (Å²) >= 11 is 0. The standard InChI is InChI=1S/C16H22N2O3/c1-10(2)15(17-11(3)19)16(20)18-13-8-9-21-14-7-5-4-6-12(13)14/h4-7,10,13,15H,8-9H2,1-3H3,(H,17,19)(H,18,20)/t13-,15+/m1/s1. The number of nitrogens with one attached hydrogen (secondary N) is 2. The summed E-state index contributed by atoms with van der Waals surface area (Å²) in [4.78, 5) is 23.7. The fraction of sp³-hybridized carbons (Fsp3) is 0.500. The van der Waals surface area contributed by atoms with E-state index in [2.05, 4.69) is 10.6 Å². The molecule has 2 amide bonds. The number of carbonyl (C=O) groups excluding carboxylic acids is 2. The van der Waals surface area contributed by atoms with E-state index in [0.717, 1.165) is 17.7 Å². The lowest BCUT2D eigenvalue weighted by molar-refractivity contribution is -0.129. The molecule has 2 atom stereocenters. The Morgan fingerprint density at radius 2 is 2.00 bits per heavy atom. The van der Waals surface area contributed by atoms with Gasteiger partial charge < -0.3 is 15.4 Å². The fourth-order valence-electron chi connectivity index (χ4n) is 2.51. The minimum Gasteiger partial charge on any atom is -0.493 e. The SMILES string of the molecule is CC(=O)N[C@H](C(=O)N[C@@H]1CCOc2ccccc21)C(C)C. The van der Waals surface area contributed by atoms with Crippen molar-refractivity contribution in [2.24, 2.45) is 5.92 Å². The molecule has 114 valence electrons. The number of hydrogen-bond acceptors (Lipinski definition) is 3. The molecule has 1 aliphatic heterocycles. The molecule has 0 radical (unpaired) electrons. The third-order valence-corrected chi connectivity index (χ3v) is 3.58. The smallest absolute Gasteiger partial charge is 0.243 e. The highest BCUT2D eigenvalue weighted by Crippen LogP contribution is 2.31. The zero-order chi connectivity index (χ0) is 15.4. The number of benzene rings is 1. The van der Waals surface area contributed by atoms with Gasteiger partial charge in [0.05, 0.1) is 12.6 Å². The molecule has 0 fully saturated rings. The molecule has 0 unspecified atom stereocenters. The van der Waals surface area contributed by atoms with E-state index in [9.17, 15) is 9.59 Å².